The van der Waals surface area contributed by atoms with Crippen LogP contribution in [0.2, 0.25) is 0 Å². The Labute approximate surface area is 165 Å². The molecule has 0 radical (unpaired) electrons. The quantitative estimate of drug-likeness (QED) is 0.682. The third-order valence-electron chi connectivity index (χ3n) is 5.10. The minimum Gasteiger partial charge on any atom is -0.493 e. The number of rotatable bonds is 6. The summed E-state index contributed by atoms with van der Waals surface area (Å²) in [5.41, 5.74) is 4.17. The standard InChI is InChI=1S/C24H23NO3/c1-27-23-15-19(12-14-22(23)28-16-17-7-3-2-4-8-17)24(26)25-21-13-11-18-9-5-6-10-20(18)21/h2-10,12,14-15,21H,11,13,16H2,1H3,(H,25,26). The average molecular weight is 373 g/mol. The van der Waals surface area contributed by atoms with E-state index < -0.39 is 0 Å². The molecule has 0 fully saturated rings. The number of methoxy groups -OCH3 is 1. The van der Waals surface area contributed by atoms with Crippen molar-refractivity contribution in [3.05, 3.63) is 95.1 Å². The van der Waals surface area contributed by atoms with Gasteiger partial charge in [-0.25, -0.2) is 0 Å². The van der Waals surface area contributed by atoms with Gasteiger partial charge in [0.2, 0.25) is 0 Å². The zero-order valence-corrected chi connectivity index (χ0v) is 15.9. The van der Waals surface area contributed by atoms with Gasteiger partial charge in [0.25, 0.3) is 5.91 Å². The van der Waals surface area contributed by atoms with E-state index in [2.05, 4.69) is 17.4 Å². The Balaban J connectivity index is 1.45. The molecule has 0 aromatic heterocycles. The zero-order chi connectivity index (χ0) is 19.3. The van der Waals surface area contributed by atoms with Crippen LogP contribution in [0.25, 0.3) is 0 Å². The molecule has 4 heteroatoms. The summed E-state index contributed by atoms with van der Waals surface area (Å²) in [5, 5.41) is 3.14. The number of carbonyl (C=O) groups excluding carboxylic acids is 1. The summed E-state index contributed by atoms with van der Waals surface area (Å²) in [5.74, 6) is 1.07. The van der Waals surface area contributed by atoms with Crippen molar-refractivity contribution in [2.45, 2.75) is 25.5 Å². The Morgan fingerprint density at radius 3 is 2.61 bits per heavy atom. The van der Waals surface area contributed by atoms with E-state index in [0.29, 0.717) is 23.7 Å². The van der Waals surface area contributed by atoms with Crippen LogP contribution in [0.4, 0.5) is 0 Å². The van der Waals surface area contributed by atoms with Gasteiger partial charge in [-0.05, 0) is 47.7 Å². The highest BCUT2D eigenvalue weighted by Crippen LogP contribution is 2.32. The first-order chi connectivity index (χ1) is 13.7. The molecule has 1 atom stereocenters. The minimum atomic E-state index is -0.102. The summed E-state index contributed by atoms with van der Waals surface area (Å²) in [6.07, 6.45) is 1.93. The molecule has 1 aliphatic rings. The number of aryl methyl sites for hydroxylation is 1. The van der Waals surface area contributed by atoms with Gasteiger partial charge >= 0.3 is 0 Å². The molecule has 4 rings (SSSR count). The Kier molecular flexibility index (Phi) is 5.29. The topological polar surface area (TPSA) is 47.6 Å². The Bertz CT molecular complexity index is 969. The SMILES string of the molecule is COc1cc(C(=O)NC2CCc3ccccc32)ccc1OCc1ccccc1. The van der Waals surface area contributed by atoms with E-state index in [1.165, 1.54) is 11.1 Å². The number of carbonyl (C=O) groups is 1. The molecule has 1 N–H and O–H groups in total. The smallest absolute Gasteiger partial charge is 0.251 e. The molecule has 0 saturated heterocycles. The molecule has 0 spiro atoms. The average Bonchev–Trinajstić information content (AvgIpc) is 3.15. The number of amides is 1. The second-order valence-electron chi connectivity index (χ2n) is 6.90. The molecule has 0 bridgehead atoms. The fourth-order valence-corrected chi connectivity index (χ4v) is 3.61. The zero-order valence-electron chi connectivity index (χ0n) is 15.9. The van der Waals surface area contributed by atoms with Crippen molar-refractivity contribution in [2.24, 2.45) is 0 Å². The number of hydrogen-bond acceptors (Lipinski definition) is 3. The van der Waals surface area contributed by atoms with Crippen LogP contribution in [0.15, 0.2) is 72.8 Å². The third-order valence-corrected chi connectivity index (χ3v) is 5.10. The summed E-state index contributed by atoms with van der Waals surface area (Å²) in [7, 11) is 1.58. The normalized spacial score (nSPS) is 15.0. The molecule has 142 valence electrons. The number of hydrogen-bond donors (Lipinski definition) is 1. The van der Waals surface area contributed by atoms with Gasteiger partial charge in [0.05, 0.1) is 13.2 Å². The first-order valence-corrected chi connectivity index (χ1v) is 9.48. The molecule has 0 saturated carbocycles. The molecule has 4 nitrogen and oxygen atoms in total. The second kappa shape index (κ2) is 8.17. The molecule has 1 amide bonds. The van der Waals surface area contributed by atoms with Crippen LogP contribution in [-0.2, 0) is 13.0 Å². The number of fused-ring (bicyclic) bond motifs is 1. The fourth-order valence-electron chi connectivity index (χ4n) is 3.61. The molecule has 3 aromatic carbocycles. The fraction of sp³-hybridized carbons (Fsp3) is 0.208. The van der Waals surface area contributed by atoms with Crippen molar-refractivity contribution in [1.29, 1.82) is 0 Å². The molecular weight excluding hydrogens is 350 g/mol. The summed E-state index contributed by atoms with van der Waals surface area (Å²) >= 11 is 0. The van der Waals surface area contributed by atoms with E-state index >= 15 is 0 Å². The summed E-state index contributed by atoms with van der Waals surface area (Å²) in [4.78, 5) is 12.8. The van der Waals surface area contributed by atoms with Crippen LogP contribution < -0.4 is 14.8 Å². The van der Waals surface area contributed by atoms with Crippen LogP contribution in [0.3, 0.4) is 0 Å². The van der Waals surface area contributed by atoms with Gasteiger partial charge in [-0.15, -0.1) is 0 Å². The Morgan fingerprint density at radius 1 is 1.00 bits per heavy atom. The number of nitrogens with one attached hydrogen (secondary N) is 1. The van der Waals surface area contributed by atoms with E-state index in [4.69, 9.17) is 9.47 Å². The maximum absolute atomic E-state index is 12.8. The van der Waals surface area contributed by atoms with Gasteiger partial charge in [0, 0.05) is 5.56 Å². The molecule has 0 heterocycles. The molecular formula is C24H23NO3. The van der Waals surface area contributed by atoms with Crippen molar-refractivity contribution in [3.8, 4) is 11.5 Å². The highest BCUT2D eigenvalue weighted by molar-refractivity contribution is 5.95. The van der Waals surface area contributed by atoms with Gasteiger partial charge in [-0.1, -0.05) is 54.6 Å². The Hall–Kier alpha value is -3.27. The lowest BCUT2D eigenvalue weighted by Gasteiger charge is -2.16. The second-order valence-corrected chi connectivity index (χ2v) is 6.90. The predicted octanol–water partition coefficient (Wildman–Crippen LogP) is 4.69. The lowest BCUT2D eigenvalue weighted by Crippen LogP contribution is -2.27. The third kappa shape index (κ3) is 3.86. The van der Waals surface area contributed by atoms with Crippen LogP contribution in [0.1, 0.15) is 39.5 Å². The first-order valence-electron chi connectivity index (χ1n) is 9.48. The van der Waals surface area contributed by atoms with Crippen LogP contribution in [0, 0.1) is 0 Å². The van der Waals surface area contributed by atoms with Crippen molar-refractivity contribution >= 4 is 5.91 Å². The van der Waals surface area contributed by atoms with E-state index in [-0.39, 0.29) is 11.9 Å². The summed E-state index contributed by atoms with van der Waals surface area (Å²) < 4.78 is 11.3. The minimum absolute atomic E-state index is 0.0590. The van der Waals surface area contributed by atoms with Gasteiger partial charge < -0.3 is 14.8 Å². The van der Waals surface area contributed by atoms with Crippen molar-refractivity contribution in [1.82, 2.24) is 5.32 Å². The van der Waals surface area contributed by atoms with Crippen molar-refractivity contribution in [3.63, 3.8) is 0 Å². The largest absolute Gasteiger partial charge is 0.493 e. The predicted molar refractivity (Wildman–Crippen MR) is 109 cm³/mol. The van der Waals surface area contributed by atoms with Gasteiger partial charge in [0.15, 0.2) is 11.5 Å². The van der Waals surface area contributed by atoms with Crippen molar-refractivity contribution < 1.29 is 14.3 Å². The van der Waals surface area contributed by atoms with E-state index in [1.54, 1.807) is 25.3 Å². The molecule has 1 aliphatic carbocycles. The van der Waals surface area contributed by atoms with Crippen LogP contribution in [0.5, 0.6) is 11.5 Å². The van der Waals surface area contributed by atoms with Crippen molar-refractivity contribution in [2.75, 3.05) is 7.11 Å². The van der Waals surface area contributed by atoms with Gasteiger partial charge in [0.1, 0.15) is 6.61 Å². The Morgan fingerprint density at radius 2 is 1.79 bits per heavy atom. The molecule has 1 unspecified atom stereocenters. The van der Waals surface area contributed by atoms with Gasteiger partial charge in [-0.3, -0.25) is 4.79 Å². The number of benzene rings is 3. The van der Waals surface area contributed by atoms with Crippen LogP contribution >= 0.6 is 0 Å². The molecule has 28 heavy (non-hydrogen) atoms. The van der Waals surface area contributed by atoms with Crippen LogP contribution in [-0.4, -0.2) is 13.0 Å². The first kappa shape index (κ1) is 18.1. The summed E-state index contributed by atoms with van der Waals surface area (Å²) in [6.45, 7) is 0.446. The lowest BCUT2D eigenvalue weighted by atomic mass is 10.1. The summed E-state index contributed by atoms with van der Waals surface area (Å²) in [6, 6.07) is 23.6. The maximum Gasteiger partial charge on any atom is 0.251 e. The monoisotopic (exact) mass is 373 g/mol. The maximum atomic E-state index is 12.8. The molecule has 0 aliphatic heterocycles. The number of ether oxygens (including phenoxy) is 2. The highest BCUT2D eigenvalue weighted by atomic mass is 16.5. The highest BCUT2D eigenvalue weighted by Gasteiger charge is 2.24. The molecule has 3 aromatic rings. The van der Waals surface area contributed by atoms with Gasteiger partial charge in [-0.2, -0.15) is 0 Å². The van der Waals surface area contributed by atoms with E-state index in [9.17, 15) is 4.79 Å². The van der Waals surface area contributed by atoms with E-state index in [1.807, 2.05) is 42.5 Å². The lowest BCUT2D eigenvalue weighted by molar-refractivity contribution is 0.0936. The van der Waals surface area contributed by atoms with E-state index in [0.717, 1.165) is 18.4 Å².